The van der Waals surface area contributed by atoms with Gasteiger partial charge in [-0.2, -0.15) is 0 Å². The molecule has 0 N–H and O–H groups in total. The summed E-state index contributed by atoms with van der Waals surface area (Å²) in [5.41, 5.74) is 0.441. The molecule has 0 unspecified atom stereocenters. The molecule has 2 saturated carbocycles. The van der Waals surface area contributed by atoms with E-state index in [2.05, 4.69) is 57.5 Å². The first-order chi connectivity index (χ1) is 20.3. The first-order valence-corrected chi connectivity index (χ1v) is 17.8. The lowest BCUT2D eigenvalue weighted by molar-refractivity contribution is -0.402. The Morgan fingerprint density at radius 2 is 1.42 bits per heavy atom. The van der Waals surface area contributed by atoms with Gasteiger partial charge in [0.05, 0.1) is 18.3 Å². The van der Waals surface area contributed by atoms with Gasteiger partial charge in [0.15, 0.2) is 0 Å². The van der Waals surface area contributed by atoms with Gasteiger partial charge < -0.3 is 18.2 Å². The summed E-state index contributed by atoms with van der Waals surface area (Å²) in [6, 6.07) is 9.26. The molecule has 0 bridgehead atoms. The lowest BCUT2D eigenvalue weighted by Gasteiger charge is -2.43. The molecule has 2 fully saturated rings. The van der Waals surface area contributed by atoms with Crippen LogP contribution >= 0.6 is 23.5 Å². The summed E-state index contributed by atoms with van der Waals surface area (Å²) in [5.74, 6) is -1.68. The van der Waals surface area contributed by atoms with Crippen LogP contribution < -0.4 is 0 Å². The largest absolute Gasteiger partial charge is 0.438 e. The number of carbonyl (C=O) groups excluding carboxylic acids is 1. The maximum atomic E-state index is 15.5. The number of nitrogens with zero attached hydrogens (tertiary/aromatic N) is 1. The Balaban J connectivity index is 1.79. The van der Waals surface area contributed by atoms with Crippen LogP contribution in [0.3, 0.4) is 0 Å². The molecule has 238 valence electrons. The quantitative estimate of drug-likeness (QED) is 0.0995. The summed E-state index contributed by atoms with van der Waals surface area (Å²) in [6.07, 6.45) is 4.74. The van der Waals surface area contributed by atoms with Crippen molar-refractivity contribution >= 4 is 35.4 Å². The number of esters is 1. The molecule has 1 heterocycles. The third kappa shape index (κ3) is 8.38. The van der Waals surface area contributed by atoms with Gasteiger partial charge in [0.1, 0.15) is 4.92 Å². The van der Waals surface area contributed by atoms with Crippen molar-refractivity contribution in [1.29, 1.82) is 0 Å². The van der Waals surface area contributed by atoms with Crippen LogP contribution in [0.25, 0.3) is 0 Å². The van der Waals surface area contributed by atoms with E-state index in [4.69, 9.17) is 18.2 Å². The fourth-order valence-electron chi connectivity index (χ4n) is 6.62. The monoisotopic (exact) mass is 681 g/mol. The van der Waals surface area contributed by atoms with Gasteiger partial charge >= 0.3 is 19.4 Å². The van der Waals surface area contributed by atoms with E-state index in [0.717, 1.165) is 49.1 Å². The zero-order valence-electron chi connectivity index (χ0n) is 25.9. The molecular formula is C32H45BrNO8P. The fraction of sp³-hybridized carbons (Fsp3) is 0.656. The van der Waals surface area contributed by atoms with E-state index in [1.807, 2.05) is 0 Å². The molecule has 0 spiro atoms. The van der Waals surface area contributed by atoms with Gasteiger partial charge in [0.2, 0.25) is 11.6 Å². The zero-order chi connectivity index (χ0) is 31.5. The van der Waals surface area contributed by atoms with Crippen molar-refractivity contribution in [3.8, 4) is 0 Å². The molecule has 0 saturated heterocycles. The Labute approximate surface area is 263 Å². The minimum absolute atomic E-state index is 0.160. The van der Waals surface area contributed by atoms with Gasteiger partial charge in [0, 0.05) is 10.0 Å². The fourth-order valence-corrected chi connectivity index (χ4v) is 9.16. The van der Waals surface area contributed by atoms with Gasteiger partial charge in [-0.1, -0.05) is 82.4 Å². The first kappa shape index (κ1) is 33.9. The van der Waals surface area contributed by atoms with Crippen molar-refractivity contribution in [2.24, 2.45) is 35.5 Å². The highest BCUT2D eigenvalue weighted by Gasteiger charge is 2.49. The predicted molar refractivity (Wildman–Crippen MR) is 168 cm³/mol. The van der Waals surface area contributed by atoms with Crippen molar-refractivity contribution in [2.75, 3.05) is 0 Å². The number of halogens is 1. The Bertz CT molecular complexity index is 1260. The minimum atomic E-state index is -4.23. The Kier molecular flexibility index (Phi) is 11.3. The maximum Gasteiger partial charge on any atom is 0.433 e. The number of nitro groups is 1. The van der Waals surface area contributed by atoms with Crippen molar-refractivity contribution in [2.45, 2.75) is 98.1 Å². The lowest BCUT2D eigenvalue weighted by atomic mass is 9.75. The van der Waals surface area contributed by atoms with E-state index in [1.54, 1.807) is 24.3 Å². The normalized spacial score (nSPS) is 27.3. The summed E-state index contributed by atoms with van der Waals surface area (Å²) < 4.78 is 40.8. The number of ether oxygens (including phenoxy) is 1. The number of rotatable bonds is 11. The standard InChI is InChI=1S/C32H45BrNO8P/c1-19(2)25-13-7-21(5)17-28(25)41-43(38,42-29-18-22(6)8-14-26(29)20(3)4)32(23-9-11-24(33)12-10-23)40-31(35)27-15-16-30(39-27)34(36)37/h9-12,15-16,19-22,25-26,28-29,32H,7-8,13-14,17-18H2,1-6H3/t21-,22-,25-,26-,28-,29-,32-/m1/s1. The topological polar surface area (TPSA) is 118 Å². The molecule has 9 nitrogen and oxygen atoms in total. The summed E-state index contributed by atoms with van der Waals surface area (Å²) in [5, 5.41) is 11.2. The summed E-state index contributed by atoms with van der Waals surface area (Å²) in [4.78, 5) is 23.9. The third-order valence-electron chi connectivity index (χ3n) is 9.12. The molecule has 0 amide bonds. The van der Waals surface area contributed by atoms with Crippen molar-refractivity contribution in [1.82, 2.24) is 0 Å². The van der Waals surface area contributed by atoms with Crippen LogP contribution in [0.4, 0.5) is 5.88 Å². The van der Waals surface area contributed by atoms with Crippen molar-refractivity contribution < 1.29 is 32.5 Å². The van der Waals surface area contributed by atoms with E-state index in [-0.39, 0.29) is 29.8 Å². The van der Waals surface area contributed by atoms with Crippen LogP contribution in [0.5, 0.6) is 0 Å². The molecule has 1 aromatic carbocycles. The van der Waals surface area contributed by atoms with Crippen LogP contribution in [-0.4, -0.2) is 23.1 Å². The number of hydrogen-bond donors (Lipinski definition) is 0. The van der Waals surface area contributed by atoms with E-state index in [9.17, 15) is 14.9 Å². The van der Waals surface area contributed by atoms with Crippen LogP contribution in [0.15, 0.2) is 45.3 Å². The summed E-state index contributed by atoms with van der Waals surface area (Å²) in [7, 11) is -4.23. The summed E-state index contributed by atoms with van der Waals surface area (Å²) >= 11 is 3.45. The Morgan fingerprint density at radius 1 is 0.907 bits per heavy atom. The van der Waals surface area contributed by atoms with E-state index >= 15 is 4.57 Å². The first-order valence-electron chi connectivity index (χ1n) is 15.4. The molecule has 2 aliphatic carbocycles. The highest BCUT2D eigenvalue weighted by molar-refractivity contribution is 9.10. The molecule has 0 aliphatic heterocycles. The van der Waals surface area contributed by atoms with Gasteiger partial charge in [-0.05, 0) is 79.4 Å². The average Bonchev–Trinajstić information content (AvgIpc) is 3.43. The maximum absolute atomic E-state index is 15.5. The van der Waals surface area contributed by atoms with Crippen LogP contribution in [-0.2, 0) is 18.3 Å². The van der Waals surface area contributed by atoms with E-state index < -0.39 is 30.2 Å². The third-order valence-corrected chi connectivity index (χ3v) is 11.8. The van der Waals surface area contributed by atoms with Gasteiger partial charge in [-0.15, -0.1) is 0 Å². The molecule has 2 aromatic rings. The zero-order valence-corrected chi connectivity index (χ0v) is 28.4. The van der Waals surface area contributed by atoms with Crippen molar-refractivity contribution in [3.63, 3.8) is 0 Å². The molecule has 0 radical (unpaired) electrons. The highest BCUT2D eigenvalue weighted by atomic mass is 79.9. The second-order valence-corrected chi connectivity index (χ2v) is 16.1. The molecule has 43 heavy (non-hydrogen) atoms. The van der Waals surface area contributed by atoms with E-state index in [0.29, 0.717) is 29.2 Å². The lowest BCUT2D eigenvalue weighted by Crippen LogP contribution is -2.37. The van der Waals surface area contributed by atoms with Crippen LogP contribution in [0.1, 0.15) is 102 Å². The number of hydrogen-bond acceptors (Lipinski definition) is 8. The second kappa shape index (κ2) is 14.4. The SMILES string of the molecule is CC(C)[C@H]1CC[C@@H](C)C[C@H]1OP(=O)(O[C@@H]1C[C@H](C)CC[C@@H]1C(C)C)[C@@H](OC(=O)c1ccc([N+](=O)[O-])o1)c1ccc(Br)cc1. The van der Waals surface area contributed by atoms with Crippen LogP contribution in [0.2, 0.25) is 0 Å². The molecular weight excluding hydrogens is 637 g/mol. The highest BCUT2D eigenvalue weighted by Crippen LogP contribution is 2.66. The number of benzene rings is 1. The number of furan rings is 1. The molecule has 2 aliphatic rings. The average molecular weight is 683 g/mol. The molecule has 7 atom stereocenters. The molecule has 11 heteroatoms. The molecule has 1 aromatic heterocycles. The van der Waals surface area contributed by atoms with E-state index in [1.165, 1.54) is 6.07 Å². The van der Waals surface area contributed by atoms with Gasteiger partial charge in [-0.25, -0.2) is 4.79 Å². The minimum Gasteiger partial charge on any atom is -0.438 e. The second-order valence-electron chi connectivity index (χ2n) is 13.2. The Hall–Kier alpha value is -2.00. The Morgan fingerprint density at radius 3 is 1.86 bits per heavy atom. The van der Waals surface area contributed by atoms with Crippen LogP contribution in [0, 0.1) is 45.6 Å². The summed E-state index contributed by atoms with van der Waals surface area (Å²) in [6.45, 7) is 12.9. The number of carbonyl (C=O) groups is 1. The van der Waals surface area contributed by atoms with Gasteiger partial charge in [-0.3, -0.25) is 14.7 Å². The molecule has 4 rings (SSSR count). The predicted octanol–water partition coefficient (Wildman–Crippen LogP) is 9.95. The van der Waals surface area contributed by atoms with Gasteiger partial charge in [0.25, 0.3) is 0 Å². The smallest absolute Gasteiger partial charge is 0.433 e. The van der Waals surface area contributed by atoms with Crippen molar-refractivity contribution in [3.05, 3.63) is 62.3 Å².